The van der Waals surface area contributed by atoms with Gasteiger partial charge in [0.15, 0.2) is 5.60 Å². The van der Waals surface area contributed by atoms with Crippen molar-refractivity contribution in [2.75, 3.05) is 32.1 Å². The van der Waals surface area contributed by atoms with Crippen molar-refractivity contribution in [3.63, 3.8) is 0 Å². The molecule has 2 rings (SSSR count). The van der Waals surface area contributed by atoms with Gasteiger partial charge in [-0.3, -0.25) is 4.79 Å². The highest BCUT2D eigenvalue weighted by molar-refractivity contribution is 5.95. The summed E-state index contributed by atoms with van der Waals surface area (Å²) in [5.74, 6) is 0.0966. The fourth-order valence-electron chi connectivity index (χ4n) is 2.82. The number of carbonyl (C=O) groups is 1. The highest BCUT2D eigenvalue weighted by Gasteiger charge is 2.58. The summed E-state index contributed by atoms with van der Waals surface area (Å²) < 4.78 is 45.5. The van der Waals surface area contributed by atoms with Crippen LogP contribution < -0.4 is 4.90 Å². The molecular weight excluding hydrogens is 323 g/mol. The largest absolute Gasteiger partial charge is 0.418 e. The van der Waals surface area contributed by atoms with Crippen molar-refractivity contribution < 1.29 is 22.7 Å². The number of anilines is 1. The minimum absolute atomic E-state index is 0.0805. The Morgan fingerprint density at radius 1 is 1.29 bits per heavy atom. The van der Waals surface area contributed by atoms with Gasteiger partial charge < -0.3 is 14.5 Å². The maximum absolute atomic E-state index is 13.4. The van der Waals surface area contributed by atoms with Crippen molar-refractivity contribution >= 4 is 11.7 Å². The third-order valence-corrected chi connectivity index (χ3v) is 3.90. The molecule has 134 valence electrons. The van der Waals surface area contributed by atoms with Crippen molar-refractivity contribution in [1.82, 2.24) is 9.88 Å². The molecule has 1 unspecified atom stereocenters. The number of alkyl halides is 3. The van der Waals surface area contributed by atoms with Gasteiger partial charge in [0.25, 0.3) is 5.91 Å². The molecule has 1 saturated heterocycles. The van der Waals surface area contributed by atoms with E-state index in [-0.39, 0.29) is 6.54 Å². The summed E-state index contributed by atoms with van der Waals surface area (Å²) in [5, 5.41) is 0. The molecule has 0 aromatic carbocycles. The number of amides is 1. The average Bonchev–Trinajstić information content (AvgIpc) is 2.43. The van der Waals surface area contributed by atoms with Gasteiger partial charge >= 0.3 is 6.18 Å². The molecule has 1 aliphatic rings. The Morgan fingerprint density at radius 3 is 2.46 bits per heavy atom. The van der Waals surface area contributed by atoms with E-state index in [1.54, 1.807) is 38.9 Å². The average molecular weight is 345 g/mol. The number of hydrogen-bond acceptors (Lipinski definition) is 4. The fraction of sp³-hybridized carbons (Fsp3) is 0.625. The zero-order valence-electron chi connectivity index (χ0n) is 14.4. The van der Waals surface area contributed by atoms with Crippen LogP contribution in [0.5, 0.6) is 0 Å². The van der Waals surface area contributed by atoms with Gasteiger partial charge in [0, 0.05) is 32.4 Å². The molecule has 2 heterocycles. The van der Waals surface area contributed by atoms with Gasteiger partial charge in [-0.25, -0.2) is 4.98 Å². The summed E-state index contributed by atoms with van der Waals surface area (Å²) >= 11 is 0. The zero-order chi connectivity index (χ0) is 18.3. The molecule has 0 spiro atoms. The first-order valence-electron chi connectivity index (χ1n) is 7.54. The predicted molar refractivity (Wildman–Crippen MR) is 84.1 cm³/mol. The lowest BCUT2D eigenvalue weighted by atomic mass is 9.96. The lowest BCUT2D eigenvalue weighted by molar-refractivity contribution is -0.318. The summed E-state index contributed by atoms with van der Waals surface area (Å²) in [7, 11) is 3.55. The first-order valence-corrected chi connectivity index (χ1v) is 7.54. The Labute approximate surface area is 139 Å². The number of carbonyl (C=O) groups excluding carboxylic acids is 1. The van der Waals surface area contributed by atoms with Gasteiger partial charge in [0.05, 0.1) is 12.1 Å². The van der Waals surface area contributed by atoms with E-state index in [0.717, 1.165) is 6.92 Å². The molecule has 0 saturated carbocycles. The van der Waals surface area contributed by atoms with E-state index >= 15 is 0 Å². The third-order valence-electron chi connectivity index (χ3n) is 3.90. The molecule has 1 aliphatic heterocycles. The quantitative estimate of drug-likeness (QED) is 0.827. The van der Waals surface area contributed by atoms with Crippen molar-refractivity contribution in [1.29, 1.82) is 0 Å². The molecule has 0 aliphatic carbocycles. The summed E-state index contributed by atoms with van der Waals surface area (Å²) in [6.07, 6.45) is -3.10. The Kier molecular flexibility index (Phi) is 4.56. The summed E-state index contributed by atoms with van der Waals surface area (Å²) in [6.45, 7) is 3.62. The highest BCUT2D eigenvalue weighted by Crippen LogP contribution is 2.40. The smallest absolute Gasteiger partial charge is 0.363 e. The highest BCUT2D eigenvalue weighted by atomic mass is 19.4. The normalized spacial score (nSPS) is 23.9. The second-order valence-corrected chi connectivity index (χ2v) is 7.05. The van der Waals surface area contributed by atoms with Crippen molar-refractivity contribution in [2.24, 2.45) is 0 Å². The molecule has 1 aromatic rings. The first-order chi connectivity index (χ1) is 10.8. The van der Waals surface area contributed by atoms with Crippen LogP contribution >= 0.6 is 0 Å². The van der Waals surface area contributed by atoms with Crippen LogP contribution in [0, 0.1) is 0 Å². The first kappa shape index (κ1) is 18.5. The van der Waals surface area contributed by atoms with E-state index in [1.807, 2.05) is 0 Å². The topological polar surface area (TPSA) is 45.7 Å². The van der Waals surface area contributed by atoms with Gasteiger partial charge in [0.1, 0.15) is 5.82 Å². The lowest BCUT2D eigenvalue weighted by Gasteiger charge is -2.48. The van der Waals surface area contributed by atoms with Gasteiger partial charge in [0.2, 0.25) is 0 Å². The zero-order valence-corrected chi connectivity index (χ0v) is 14.4. The monoisotopic (exact) mass is 345 g/mol. The Hall–Kier alpha value is -1.83. The van der Waals surface area contributed by atoms with Crippen LogP contribution in [0.1, 0.15) is 31.1 Å². The van der Waals surface area contributed by atoms with E-state index in [2.05, 4.69) is 4.98 Å². The number of hydrogen-bond donors (Lipinski definition) is 0. The van der Waals surface area contributed by atoms with Gasteiger partial charge in [-0.2, -0.15) is 13.2 Å². The van der Waals surface area contributed by atoms with Crippen molar-refractivity contribution in [3.8, 4) is 0 Å². The lowest BCUT2D eigenvalue weighted by Crippen LogP contribution is -2.65. The number of morpholine rings is 1. The molecule has 0 N–H and O–H groups in total. The van der Waals surface area contributed by atoms with Crippen LogP contribution in [0.2, 0.25) is 0 Å². The van der Waals surface area contributed by atoms with Gasteiger partial charge in [-0.05, 0) is 32.9 Å². The van der Waals surface area contributed by atoms with Crippen LogP contribution in [0.3, 0.4) is 0 Å². The molecule has 24 heavy (non-hydrogen) atoms. The second-order valence-electron chi connectivity index (χ2n) is 7.05. The maximum Gasteiger partial charge on any atom is 0.418 e. The van der Waals surface area contributed by atoms with Crippen LogP contribution in [0.15, 0.2) is 18.3 Å². The molecule has 1 atom stereocenters. The number of rotatable bonds is 2. The minimum atomic E-state index is -4.57. The summed E-state index contributed by atoms with van der Waals surface area (Å²) in [6, 6.07) is 3.07. The molecule has 1 aromatic heterocycles. The number of aromatic nitrogens is 1. The molecule has 5 nitrogen and oxygen atoms in total. The molecule has 1 fully saturated rings. The predicted octanol–water partition coefficient (Wildman–Crippen LogP) is 2.72. The number of pyridine rings is 1. The van der Waals surface area contributed by atoms with E-state index < -0.39 is 29.8 Å². The third kappa shape index (κ3) is 3.63. The van der Waals surface area contributed by atoms with E-state index in [4.69, 9.17) is 4.74 Å². The van der Waals surface area contributed by atoms with Crippen molar-refractivity contribution in [3.05, 3.63) is 23.9 Å². The van der Waals surface area contributed by atoms with Crippen LogP contribution in [-0.2, 0) is 4.74 Å². The van der Waals surface area contributed by atoms with Crippen LogP contribution in [0.4, 0.5) is 19.0 Å². The van der Waals surface area contributed by atoms with Crippen molar-refractivity contribution in [2.45, 2.75) is 38.1 Å². The van der Waals surface area contributed by atoms with Gasteiger partial charge in [-0.15, -0.1) is 0 Å². The molecule has 1 amide bonds. The molecule has 8 heteroatoms. The Morgan fingerprint density at radius 2 is 1.92 bits per heavy atom. The molecule has 0 radical (unpaired) electrons. The minimum Gasteiger partial charge on any atom is -0.363 e. The standard InChI is InChI=1S/C16H22F3N3O2/c1-14(2)9-22(10-15(3,24-14)16(17,18)19)13(23)11-6-7-20-12(8-11)21(4)5/h6-8H,9-10H2,1-5H3. The van der Waals surface area contributed by atoms with Gasteiger partial charge in [-0.1, -0.05) is 0 Å². The van der Waals surface area contributed by atoms with Crippen LogP contribution in [-0.4, -0.2) is 60.4 Å². The van der Waals surface area contributed by atoms with E-state index in [1.165, 1.54) is 17.2 Å². The van der Waals surface area contributed by atoms with E-state index in [9.17, 15) is 18.0 Å². The SMILES string of the molecule is CN(C)c1cc(C(=O)N2CC(C)(C)OC(C)(C(F)(F)F)C2)ccn1. The Bertz CT molecular complexity index is 631. The van der Waals surface area contributed by atoms with Crippen LogP contribution in [0.25, 0.3) is 0 Å². The number of ether oxygens (including phenoxy) is 1. The Balaban J connectivity index is 2.33. The number of halogens is 3. The molecular formula is C16H22F3N3O2. The fourth-order valence-corrected chi connectivity index (χ4v) is 2.82. The molecule has 0 bridgehead atoms. The van der Waals surface area contributed by atoms with E-state index in [0.29, 0.717) is 11.4 Å². The maximum atomic E-state index is 13.4. The summed E-state index contributed by atoms with van der Waals surface area (Å²) in [5.41, 5.74) is -3.20. The summed E-state index contributed by atoms with van der Waals surface area (Å²) in [4.78, 5) is 19.8. The second kappa shape index (κ2) is 5.91. The number of nitrogens with zero attached hydrogens (tertiary/aromatic N) is 3.